The predicted molar refractivity (Wildman–Crippen MR) is 110 cm³/mol. The van der Waals surface area contributed by atoms with E-state index in [1.807, 2.05) is 0 Å². The molecule has 1 unspecified atom stereocenters. The SMILES string of the molecule is CCCCCCCC(C)N1c2ccccc2C(C)(C)c2ccccc21. The Bertz CT molecular complexity index is 651. The molecule has 0 amide bonds. The van der Waals surface area contributed by atoms with Crippen LogP contribution < -0.4 is 4.90 Å². The van der Waals surface area contributed by atoms with Crippen molar-refractivity contribution in [2.45, 2.75) is 77.7 Å². The van der Waals surface area contributed by atoms with Crippen LogP contribution in [0.25, 0.3) is 0 Å². The molecule has 0 saturated carbocycles. The summed E-state index contributed by atoms with van der Waals surface area (Å²) in [6.07, 6.45) is 8.01. The molecule has 2 aromatic rings. The summed E-state index contributed by atoms with van der Waals surface area (Å²) in [5.41, 5.74) is 5.75. The largest absolute Gasteiger partial charge is 0.338 e. The molecule has 1 atom stereocenters. The van der Waals surface area contributed by atoms with Gasteiger partial charge < -0.3 is 4.90 Å². The van der Waals surface area contributed by atoms with E-state index in [1.54, 1.807) is 0 Å². The molecule has 1 aliphatic heterocycles. The van der Waals surface area contributed by atoms with Crippen LogP contribution >= 0.6 is 0 Å². The van der Waals surface area contributed by atoms with E-state index in [0.29, 0.717) is 6.04 Å². The zero-order valence-corrected chi connectivity index (χ0v) is 16.4. The minimum Gasteiger partial charge on any atom is -0.338 e. The van der Waals surface area contributed by atoms with Crippen LogP contribution in [0.5, 0.6) is 0 Å². The number of unbranched alkanes of at least 4 members (excludes halogenated alkanes) is 4. The van der Waals surface area contributed by atoms with Crippen molar-refractivity contribution < 1.29 is 0 Å². The number of rotatable bonds is 7. The summed E-state index contributed by atoms with van der Waals surface area (Å²) in [6, 6.07) is 18.5. The molecular formula is C24H33N. The van der Waals surface area contributed by atoms with Crippen LogP contribution in [-0.4, -0.2) is 6.04 Å². The van der Waals surface area contributed by atoms with Gasteiger partial charge in [-0.05, 0) is 36.6 Å². The third-order valence-corrected chi connectivity index (χ3v) is 5.84. The van der Waals surface area contributed by atoms with Crippen LogP contribution in [0, 0.1) is 0 Å². The number of hydrogen-bond donors (Lipinski definition) is 0. The number of nitrogens with zero attached hydrogens (tertiary/aromatic N) is 1. The van der Waals surface area contributed by atoms with Crippen molar-refractivity contribution in [1.82, 2.24) is 0 Å². The fourth-order valence-electron chi connectivity index (χ4n) is 4.35. The smallest absolute Gasteiger partial charge is 0.0454 e. The van der Waals surface area contributed by atoms with Crippen LogP contribution in [-0.2, 0) is 5.41 Å². The third-order valence-electron chi connectivity index (χ3n) is 5.84. The molecule has 0 aliphatic carbocycles. The Kier molecular flexibility index (Phi) is 5.51. The first kappa shape index (κ1) is 18.0. The molecule has 1 heteroatoms. The summed E-state index contributed by atoms with van der Waals surface area (Å²) >= 11 is 0. The van der Waals surface area contributed by atoms with Gasteiger partial charge >= 0.3 is 0 Å². The van der Waals surface area contributed by atoms with E-state index in [0.717, 1.165) is 0 Å². The van der Waals surface area contributed by atoms with Gasteiger partial charge in [0.25, 0.3) is 0 Å². The number of hydrogen-bond acceptors (Lipinski definition) is 1. The van der Waals surface area contributed by atoms with E-state index in [1.165, 1.54) is 61.0 Å². The number of anilines is 2. The van der Waals surface area contributed by atoms with Crippen molar-refractivity contribution in [2.75, 3.05) is 4.90 Å². The Hall–Kier alpha value is -1.76. The Balaban J connectivity index is 1.89. The van der Waals surface area contributed by atoms with E-state index in [9.17, 15) is 0 Å². The normalized spacial score (nSPS) is 16.2. The van der Waals surface area contributed by atoms with Gasteiger partial charge in [-0.25, -0.2) is 0 Å². The summed E-state index contributed by atoms with van der Waals surface area (Å²) in [5.74, 6) is 0. The second-order valence-electron chi connectivity index (χ2n) is 8.08. The minimum atomic E-state index is 0.0601. The van der Waals surface area contributed by atoms with Crippen LogP contribution in [0.2, 0.25) is 0 Å². The van der Waals surface area contributed by atoms with Crippen molar-refractivity contribution >= 4 is 11.4 Å². The van der Waals surface area contributed by atoms with E-state index in [2.05, 4.69) is 81.1 Å². The molecule has 2 aromatic carbocycles. The number of benzene rings is 2. The lowest BCUT2D eigenvalue weighted by molar-refractivity contribution is 0.542. The van der Waals surface area contributed by atoms with Gasteiger partial charge in [-0.3, -0.25) is 0 Å². The maximum absolute atomic E-state index is 2.59. The van der Waals surface area contributed by atoms with Crippen LogP contribution in [0.1, 0.15) is 77.3 Å². The molecule has 134 valence electrons. The third kappa shape index (κ3) is 3.47. The maximum Gasteiger partial charge on any atom is 0.0454 e. The van der Waals surface area contributed by atoms with Crippen molar-refractivity contribution in [3.8, 4) is 0 Å². The van der Waals surface area contributed by atoms with Crippen LogP contribution in [0.15, 0.2) is 48.5 Å². The van der Waals surface area contributed by atoms with Gasteiger partial charge in [0.1, 0.15) is 0 Å². The lowest BCUT2D eigenvalue weighted by Gasteiger charge is -2.44. The molecule has 0 spiro atoms. The minimum absolute atomic E-state index is 0.0601. The lowest BCUT2D eigenvalue weighted by atomic mass is 9.73. The van der Waals surface area contributed by atoms with E-state index < -0.39 is 0 Å². The zero-order chi connectivity index (χ0) is 17.9. The molecule has 25 heavy (non-hydrogen) atoms. The molecule has 0 N–H and O–H groups in total. The molecule has 0 fully saturated rings. The Labute approximate surface area is 154 Å². The van der Waals surface area contributed by atoms with Gasteiger partial charge in [0.2, 0.25) is 0 Å². The summed E-state index contributed by atoms with van der Waals surface area (Å²) in [4.78, 5) is 2.59. The van der Waals surface area contributed by atoms with E-state index >= 15 is 0 Å². The van der Waals surface area contributed by atoms with Crippen molar-refractivity contribution in [3.05, 3.63) is 59.7 Å². The summed E-state index contributed by atoms with van der Waals surface area (Å²) < 4.78 is 0. The highest BCUT2D eigenvalue weighted by molar-refractivity contribution is 5.78. The van der Waals surface area contributed by atoms with Gasteiger partial charge in [-0.2, -0.15) is 0 Å². The Morgan fingerprint density at radius 1 is 0.800 bits per heavy atom. The molecule has 0 bridgehead atoms. The molecule has 1 heterocycles. The predicted octanol–water partition coefficient (Wildman–Crippen LogP) is 7.21. The highest BCUT2D eigenvalue weighted by Gasteiger charge is 2.37. The Morgan fingerprint density at radius 3 is 1.88 bits per heavy atom. The standard InChI is InChI=1S/C24H33N/c1-5-6-7-8-9-14-19(2)25-22-17-12-10-15-20(22)24(3,4)21-16-11-13-18-23(21)25/h10-13,15-19H,5-9,14H2,1-4H3. The summed E-state index contributed by atoms with van der Waals surface area (Å²) in [6.45, 7) is 9.40. The van der Waals surface area contributed by atoms with E-state index in [-0.39, 0.29) is 5.41 Å². The number of para-hydroxylation sites is 2. The molecule has 0 aromatic heterocycles. The second kappa shape index (κ2) is 7.64. The van der Waals surface area contributed by atoms with Crippen LogP contribution in [0.3, 0.4) is 0 Å². The average Bonchev–Trinajstić information content (AvgIpc) is 2.62. The highest BCUT2D eigenvalue weighted by Crippen LogP contribution is 2.49. The van der Waals surface area contributed by atoms with Gasteiger partial charge in [-0.1, -0.05) is 89.3 Å². The molecule has 3 rings (SSSR count). The summed E-state index contributed by atoms with van der Waals surface area (Å²) in [7, 11) is 0. The second-order valence-corrected chi connectivity index (χ2v) is 8.08. The van der Waals surface area contributed by atoms with Crippen LogP contribution in [0.4, 0.5) is 11.4 Å². The molecule has 1 nitrogen and oxygen atoms in total. The van der Waals surface area contributed by atoms with Gasteiger partial charge in [0.05, 0.1) is 0 Å². The summed E-state index contributed by atoms with van der Waals surface area (Å²) in [5, 5.41) is 0. The first-order chi connectivity index (χ1) is 12.1. The van der Waals surface area contributed by atoms with Crippen molar-refractivity contribution in [2.24, 2.45) is 0 Å². The highest BCUT2D eigenvalue weighted by atomic mass is 15.2. The topological polar surface area (TPSA) is 3.24 Å². The van der Waals surface area contributed by atoms with E-state index in [4.69, 9.17) is 0 Å². The van der Waals surface area contributed by atoms with Crippen molar-refractivity contribution in [1.29, 1.82) is 0 Å². The van der Waals surface area contributed by atoms with Gasteiger partial charge in [0, 0.05) is 22.8 Å². The van der Waals surface area contributed by atoms with Gasteiger partial charge in [0.15, 0.2) is 0 Å². The monoisotopic (exact) mass is 335 g/mol. The molecule has 1 aliphatic rings. The maximum atomic E-state index is 2.59. The molecule has 0 radical (unpaired) electrons. The first-order valence-electron chi connectivity index (χ1n) is 10.1. The van der Waals surface area contributed by atoms with Crippen molar-refractivity contribution in [3.63, 3.8) is 0 Å². The fourth-order valence-corrected chi connectivity index (χ4v) is 4.35. The fraction of sp³-hybridized carbons (Fsp3) is 0.500. The molecular weight excluding hydrogens is 302 g/mol. The average molecular weight is 336 g/mol. The zero-order valence-electron chi connectivity index (χ0n) is 16.4. The Morgan fingerprint density at radius 2 is 1.32 bits per heavy atom. The lowest BCUT2D eigenvalue weighted by Crippen LogP contribution is -2.37. The number of fused-ring (bicyclic) bond motifs is 2. The first-order valence-corrected chi connectivity index (χ1v) is 10.1. The quantitative estimate of drug-likeness (QED) is 0.483. The van der Waals surface area contributed by atoms with Gasteiger partial charge in [-0.15, -0.1) is 0 Å². The molecule has 0 saturated heterocycles.